The second-order valence-corrected chi connectivity index (χ2v) is 14.5. The molecule has 3 atom stereocenters. The molecule has 0 aromatic heterocycles. The number of aryl methyl sites for hydroxylation is 1. The van der Waals surface area contributed by atoms with Gasteiger partial charge in [-0.15, -0.1) is 0 Å². The first kappa shape index (κ1) is 36.8. The minimum atomic E-state index is -3.92. The van der Waals surface area contributed by atoms with Crippen molar-refractivity contribution >= 4 is 19.4 Å². The highest BCUT2D eigenvalue weighted by Crippen LogP contribution is 2.55. The number of benzene rings is 4. The summed E-state index contributed by atoms with van der Waals surface area (Å²) in [5.41, 5.74) is 3.70. The summed E-state index contributed by atoms with van der Waals surface area (Å²) in [6.07, 6.45) is 1.74. The third-order valence-electron chi connectivity index (χ3n) is 8.02. The maximum atomic E-state index is 15.0. The highest BCUT2D eigenvalue weighted by Gasteiger charge is 2.39. The van der Waals surface area contributed by atoms with Crippen molar-refractivity contribution in [1.82, 2.24) is 16.0 Å². The van der Waals surface area contributed by atoms with E-state index >= 15 is 4.57 Å². The Hall–Kier alpha value is -4.07. The summed E-state index contributed by atoms with van der Waals surface area (Å²) in [5.74, 6) is -1.35. The van der Waals surface area contributed by atoms with Crippen molar-refractivity contribution in [3.8, 4) is 0 Å². The zero-order valence-electron chi connectivity index (χ0n) is 28.1. The molecule has 3 N–H and O–H groups in total. The van der Waals surface area contributed by atoms with Crippen LogP contribution >= 0.6 is 7.60 Å². The van der Waals surface area contributed by atoms with Gasteiger partial charge in [-0.2, -0.15) is 0 Å². The fourth-order valence-electron chi connectivity index (χ4n) is 5.44. The van der Waals surface area contributed by atoms with E-state index in [2.05, 4.69) is 16.0 Å². The van der Waals surface area contributed by atoms with E-state index in [0.717, 1.165) is 22.3 Å². The fraction of sp³-hybridized carbons (Fsp3) is 0.333. The zero-order valence-corrected chi connectivity index (χ0v) is 29.0. The van der Waals surface area contributed by atoms with E-state index in [1.165, 1.54) is 0 Å². The molecule has 0 unspecified atom stereocenters. The highest BCUT2D eigenvalue weighted by molar-refractivity contribution is 7.54. The van der Waals surface area contributed by atoms with Crippen LogP contribution in [0, 0.1) is 5.92 Å². The second-order valence-electron chi connectivity index (χ2n) is 12.3. The van der Waals surface area contributed by atoms with Gasteiger partial charge in [0.05, 0.1) is 19.3 Å². The van der Waals surface area contributed by atoms with E-state index in [4.69, 9.17) is 9.05 Å². The Morgan fingerprint density at radius 2 is 1.10 bits per heavy atom. The molecule has 2 amide bonds. The number of carbonyl (C=O) groups excluding carboxylic acids is 2. The van der Waals surface area contributed by atoms with E-state index in [-0.39, 0.29) is 30.9 Å². The van der Waals surface area contributed by atoms with Crippen LogP contribution in [0.5, 0.6) is 0 Å². The zero-order chi connectivity index (χ0) is 34.2. The quantitative estimate of drug-likeness (QED) is 0.0925. The van der Waals surface area contributed by atoms with Gasteiger partial charge in [0, 0.05) is 13.5 Å². The van der Waals surface area contributed by atoms with Gasteiger partial charge in [-0.1, -0.05) is 135 Å². The minimum Gasteiger partial charge on any atom is -0.357 e. The van der Waals surface area contributed by atoms with Gasteiger partial charge in [-0.05, 0) is 47.4 Å². The molecule has 9 heteroatoms. The number of likely N-dealkylation sites (N-methyl/N-ethyl adjacent to an activating group) is 1. The van der Waals surface area contributed by atoms with Crippen LogP contribution in [0.3, 0.4) is 0 Å². The van der Waals surface area contributed by atoms with Crippen LogP contribution in [0.1, 0.15) is 48.9 Å². The predicted octanol–water partition coefficient (Wildman–Crippen LogP) is 7.05. The van der Waals surface area contributed by atoms with Crippen LogP contribution in [0.15, 0.2) is 121 Å². The lowest BCUT2D eigenvalue weighted by molar-refractivity contribution is -0.130. The van der Waals surface area contributed by atoms with Crippen LogP contribution in [0.2, 0.25) is 0 Å². The summed E-state index contributed by atoms with van der Waals surface area (Å²) >= 11 is 0. The van der Waals surface area contributed by atoms with E-state index in [0.29, 0.717) is 25.7 Å². The predicted molar refractivity (Wildman–Crippen MR) is 191 cm³/mol. The van der Waals surface area contributed by atoms with E-state index < -0.39 is 25.5 Å². The summed E-state index contributed by atoms with van der Waals surface area (Å²) in [5, 5.41) is 9.10. The van der Waals surface area contributed by atoms with Gasteiger partial charge >= 0.3 is 7.60 Å². The number of carbonyl (C=O) groups is 2. The highest BCUT2D eigenvalue weighted by atomic mass is 31.2. The molecule has 0 aliphatic rings. The van der Waals surface area contributed by atoms with Gasteiger partial charge in [0.25, 0.3) is 0 Å². The number of nitrogens with one attached hydrogen (secondary N) is 3. The van der Waals surface area contributed by atoms with Gasteiger partial charge in [-0.25, -0.2) is 0 Å². The van der Waals surface area contributed by atoms with E-state index in [1.54, 1.807) is 7.05 Å². The largest absolute Gasteiger partial charge is 0.357 e. The molecule has 0 aliphatic carbocycles. The van der Waals surface area contributed by atoms with Crippen LogP contribution in [-0.2, 0) is 49.3 Å². The van der Waals surface area contributed by atoms with Crippen molar-refractivity contribution in [3.63, 3.8) is 0 Å². The van der Waals surface area contributed by atoms with Crippen molar-refractivity contribution in [2.75, 3.05) is 7.05 Å². The Morgan fingerprint density at radius 3 is 1.56 bits per heavy atom. The SMILES string of the molecule is CNC(=O)[C@H](Cc1ccccc1)NC(=O)[C@H](CC(C)C)N[C@@H](CCc1ccccc1)P(=O)(OCc1ccccc1)OCc1ccccc1. The number of rotatable bonds is 19. The number of hydrogen-bond acceptors (Lipinski definition) is 6. The van der Waals surface area contributed by atoms with Gasteiger partial charge in [0.2, 0.25) is 11.8 Å². The summed E-state index contributed by atoms with van der Waals surface area (Å²) in [7, 11) is -2.36. The van der Waals surface area contributed by atoms with Crippen molar-refractivity contribution in [2.24, 2.45) is 5.92 Å². The van der Waals surface area contributed by atoms with Crippen LogP contribution in [0.25, 0.3) is 0 Å². The molecule has 8 nitrogen and oxygen atoms in total. The summed E-state index contributed by atoms with van der Waals surface area (Å²) in [6.45, 7) is 4.21. The van der Waals surface area contributed by atoms with E-state index in [9.17, 15) is 9.59 Å². The molecule has 48 heavy (non-hydrogen) atoms. The third kappa shape index (κ3) is 11.9. The molecular weight excluding hydrogens is 621 g/mol. The Bertz CT molecular complexity index is 1530. The topological polar surface area (TPSA) is 106 Å². The van der Waals surface area contributed by atoms with Gasteiger partial charge in [0.1, 0.15) is 11.8 Å². The molecule has 0 bridgehead atoms. The first-order chi connectivity index (χ1) is 23.3. The van der Waals surface area contributed by atoms with Crippen molar-refractivity contribution in [1.29, 1.82) is 0 Å². The Kier molecular flexibility index (Phi) is 14.6. The van der Waals surface area contributed by atoms with Crippen LogP contribution < -0.4 is 16.0 Å². The van der Waals surface area contributed by atoms with Crippen LogP contribution in [-0.4, -0.2) is 36.7 Å². The maximum absolute atomic E-state index is 15.0. The average molecular weight is 670 g/mol. The Morgan fingerprint density at radius 1 is 0.646 bits per heavy atom. The summed E-state index contributed by atoms with van der Waals surface area (Å²) in [6, 6.07) is 37.0. The average Bonchev–Trinajstić information content (AvgIpc) is 3.12. The minimum absolute atomic E-state index is 0.0767. The standard InChI is InChI=1S/C39H48N3O5P/c1-30(2)26-35(39(44)42-36(38(43)40-3)27-32-18-10-5-11-19-32)41-37(25-24-31-16-8-4-9-17-31)48(45,46-28-33-20-12-6-13-21-33)47-29-34-22-14-7-15-23-34/h4-23,30,35-37,41H,24-29H2,1-3H3,(H,40,43)(H,42,44)/t35-,36-,37+/m0/s1. The number of amides is 2. The lowest BCUT2D eigenvalue weighted by atomic mass is 10.0. The van der Waals surface area contributed by atoms with Crippen LogP contribution in [0.4, 0.5) is 0 Å². The van der Waals surface area contributed by atoms with Crippen molar-refractivity contribution in [2.45, 2.75) is 70.6 Å². The molecule has 0 radical (unpaired) electrons. The monoisotopic (exact) mass is 669 g/mol. The number of hydrogen-bond donors (Lipinski definition) is 3. The second kappa shape index (κ2) is 19.1. The molecular formula is C39H48N3O5P. The van der Waals surface area contributed by atoms with Gasteiger partial charge < -0.3 is 19.7 Å². The smallest absolute Gasteiger partial charge is 0.348 e. The molecule has 0 spiro atoms. The first-order valence-corrected chi connectivity index (χ1v) is 18.2. The lowest BCUT2D eigenvalue weighted by Crippen LogP contribution is -2.55. The molecule has 4 rings (SSSR count). The molecule has 254 valence electrons. The molecule has 4 aromatic carbocycles. The fourth-order valence-corrected chi connectivity index (χ4v) is 7.34. The molecule has 0 fully saturated rings. The summed E-state index contributed by atoms with van der Waals surface area (Å²) in [4.78, 5) is 27.0. The molecule has 0 saturated heterocycles. The van der Waals surface area contributed by atoms with Gasteiger partial charge in [-0.3, -0.25) is 19.5 Å². The van der Waals surface area contributed by atoms with E-state index in [1.807, 2.05) is 135 Å². The molecule has 0 heterocycles. The lowest BCUT2D eigenvalue weighted by Gasteiger charge is -2.32. The maximum Gasteiger partial charge on any atom is 0.348 e. The third-order valence-corrected chi connectivity index (χ3v) is 10.2. The summed E-state index contributed by atoms with van der Waals surface area (Å²) < 4.78 is 27.6. The Labute approximate surface area is 285 Å². The van der Waals surface area contributed by atoms with Crippen molar-refractivity contribution < 1.29 is 23.2 Å². The van der Waals surface area contributed by atoms with Crippen molar-refractivity contribution in [3.05, 3.63) is 144 Å². The van der Waals surface area contributed by atoms with Gasteiger partial charge in [0.15, 0.2) is 0 Å². The molecule has 4 aromatic rings. The molecule has 0 saturated carbocycles. The normalized spacial score (nSPS) is 13.4. The Balaban J connectivity index is 1.64. The first-order valence-electron chi connectivity index (χ1n) is 16.6. The molecule has 0 aliphatic heterocycles.